The molecule has 10 heteroatoms. The molecule has 1 atom stereocenters. The van der Waals surface area contributed by atoms with Gasteiger partial charge in [-0.05, 0) is 41.5 Å². The third-order valence-electron chi connectivity index (χ3n) is 4.27. The van der Waals surface area contributed by atoms with Crippen LogP contribution in [0.25, 0.3) is 0 Å². The lowest BCUT2D eigenvalue weighted by molar-refractivity contribution is -0.113. The topological polar surface area (TPSA) is 110 Å². The number of nitrogens with one attached hydrogen (secondary N) is 2. The first-order chi connectivity index (χ1) is 14.1. The van der Waals surface area contributed by atoms with Crippen LogP contribution >= 0.6 is 23.1 Å². The first kappa shape index (κ1) is 20.9. The number of rotatable bonds is 9. The Morgan fingerprint density at radius 2 is 2.14 bits per heavy atom. The van der Waals surface area contributed by atoms with Gasteiger partial charge in [0.05, 0.1) is 12.0 Å². The summed E-state index contributed by atoms with van der Waals surface area (Å²) in [6, 6.07) is 11.8. The van der Waals surface area contributed by atoms with Gasteiger partial charge in [-0.25, -0.2) is 10.1 Å². The van der Waals surface area contributed by atoms with E-state index in [9.17, 15) is 4.79 Å². The maximum atomic E-state index is 12.2. The zero-order valence-electron chi connectivity index (χ0n) is 16.2. The number of hydrogen-bond donors (Lipinski definition) is 3. The Morgan fingerprint density at radius 3 is 2.83 bits per heavy atom. The Balaban J connectivity index is 1.49. The molecule has 1 aromatic carbocycles. The van der Waals surface area contributed by atoms with Crippen LogP contribution in [0.15, 0.2) is 52.0 Å². The molecule has 0 spiro atoms. The van der Waals surface area contributed by atoms with E-state index in [-0.39, 0.29) is 11.7 Å². The number of nitrogens with zero attached hydrogens (tertiary/aromatic N) is 4. The number of aromatic nitrogens is 3. The number of hydrazone groups is 1. The number of amides is 1. The van der Waals surface area contributed by atoms with Gasteiger partial charge in [-0.3, -0.25) is 4.79 Å². The Kier molecular flexibility index (Phi) is 7.25. The number of nitrogen functional groups attached to an aromatic ring is 1. The number of hydrogen-bond acceptors (Lipinski definition) is 8. The molecular formula is C19H23N7OS2. The van der Waals surface area contributed by atoms with Crippen molar-refractivity contribution < 1.29 is 4.79 Å². The monoisotopic (exact) mass is 429 g/mol. The van der Waals surface area contributed by atoms with Gasteiger partial charge >= 0.3 is 0 Å². The SMILES string of the molecule is CCC(C)c1ccc(NC(=O)CSc2nnc(N/N=C/c3cccs3)n2N)cc1. The summed E-state index contributed by atoms with van der Waals surface area (Å²) in [6.45, 7) is 4.34. The smallest absolute Gasteiger partial charge is 0.264 e. The zero-order chi connectivity index (χ0) is 20.6. The Hall–Kier alpha value is -2.85. The lowest BCUT2D eigenvalue weighted by atomic mass is 9.99. The van der Waals surface area contributed by atoms with Crippen LogP contribution in [-0.2, 0) is 4.79 Å². The molecule has 8 nitrogen and oxygen atoms in total. The molecule has 29 heavy (non-hydrogen) atoms. The van der Waals surface area contributed by atoms with Gasteiger partial charge in [-0.2, -0.15) is 5.10 Å². The number of carbonyl (C=O) groups excluding carboxylic acids is 1. The first-order valence-corrected chi connectivity index (χ1v) is 11.0. The molecule has 3 rings (SSSR count). The molecule has 0 aliphatic rings. The minimum absolute atomic E-state index is 0.139. The van der Waals surface area contributed by atoms with Gasteiger partial charge in [0, 0.05) is 10.6 Å². The molecule has 152 valence electrons. The highest BCUT2D eigenvalue weighted by molar-refractivity contribution is 7.99. The second-order valence-corrected chi connectivity index (χ2v) is 8.25. The highest BCUT2D eigenvalue weighted by Crippen LogP contribution is 2.21. The van der Waals surface area contributed by atoms with E-state index in [0.717, 1.165) is 17.0 Å². The summed E-state index contributed by atoms with van der Waals surface area (Å²) in [5.41, 5.74) is 4.77. The van der Waals surface area contributed by atoms with Crippen LogP contribution in [0, 0.1) is 0 Å². The van der Waals surface area contributed by atoms with E-state index in [1.165, 1.54) is 22.0 Å². The summed E-state index contributed by atoms with van der Waals surface area (Å²) in [7, 11) is 0. The second-order valence-electron chi connectivity index (χ2n) is 6.33. The molecule has 3 aromatic rings. The average Bonchev–Trinajstić information content (AvgIpc) is 3.37. The molecule has 0 fully saturated rings. The van der Waals surface area contributed by atoms with Crippen LogP contribution in [0.4, 0.5) is 11.6 Å². The lowest BCUT2D eigenvalue weighted by Gasteiger charge is -2.10. The standard InChI is InChI=1S/C19H23N7OS2/c1-3-13(2)14-6-8-15(9-7-14)22-17(27)12-29-19-25-24-18(26(19)20)23-21-11-16-5-4-10-28-16/h4-11,13H,3,12,20H2,1-2H3,(H,22,27)(H,23,24)/b21-11+. The van der Waals surface area contributed by atoms with Gasteiger partial charge in [0.2, 0.25) is 11.1 Å². The predicted octanol–water partition coefficient (Wildman–Crippen LogP) is 3.74. The van der Waals surface area contributed by atoms with Gasteiger partial charge in [0.25, 0.3) is 5.95 Å². The van der Waals surface area contributed by atoms with Crippen LogP contribution in [0.5, 0.6) is 0 Å². The quantitative estimate of drug-likeness (QED) is 0.207. The Labute approximate surface area is 177 Å². The molecule has 2 heterocycles. The molecule has 0 aliphatic heterocycles. The molecule has 0 bridgehead atoms. The number of benzene rings is 1. The number of anilines is 2. The normalized spacial score (nSPS) is 12.2. The minimum Gasteiger partial charge on any atom is -0.334 e. The van der Waals surface area contributed by atoms with Crippen LogP contribution < -0.4 is 16.6 Å². The van der Waals surface area contributed by atoms with Gasteiger partial charge in [-0.1, -0.05) is 43.8 Å². The zero-order valence-corrected chi connectivity index (χ0v) is 17.8. The van der Waals surface area contributed by atoms with Crippen LogP contribution in [0.2, 0.25) is 0 Å². The van der Waals surface area contributed by atoms with Crippen LogP contribution in [0.1, 0.15) is 36.6 Å². The van der Waals surface area contributed by atoms with Crippen molar-refractivity contribution in [2.75, 3.05) is 22.3 Å². The largest absolute Gasteiger partial charge is 0.334 e. The van der Waals surface area contributed by atoms with E-state index in [4.69, 9.17) is 5.84 Å². The lowest BCUT2D eigenvalue weighted by Crippen LogP contribution is -2.16. The van der Waals surface area contributed by atoms with E-state index < -0.39 is 0 Å². The average molecular weight is 430 g/mol. The fourth-order valence-electron chi connectivity index (χ4n) is 2.43. The van der Waals surface area contributed by atoms with Gasteiger partial charge in [0.1, 0.15) is 0 Å². The van der Waals surface area contributed by atoms with Gasteiger partial charge in [0.15, 0.2) is 0 Å². The molecule has 1 unspecified atom stereocenters. The van der Waals surface area contributed by atoms with E-state index in [1.807, 2.05) is 41.8 Å². The highest BCUT2D eigenvalue weighted by Gasteiger charge is 2.12. The molecule has 0 aliphatic carbocycles. The van der Waals surface area contributed by atoms with Crippen molar-refractivity contribution in [2.24, 2.45) is 5.10 Å². The van der Waals surface area contributed by atoms with Crippen molar-refractivity contribution in [2.45, 2.75) is 31.3 Å². The van der Waals surface area contributed by atoms with Crippen LogP contribution in [0.3, 0.4) is 0 Å². The summed E-state index contributed by atoms with van der Waals surface area (Å²) in [4.78, 5) is 13.2. The molecule has 0 saturated carbocycles. The highest BCUT2D eigenvalue weighted by atomic mass is 32.2. The van der Waals surface area contributed by atoms with Crippen molar-refractivity contribution >= 4 is 46.9 Å². The van der Waals surface area contributed by atoms with Crippen molar-refractivity contribution in [3.8, 4) is 0 Å². The van der Waals surface area contributed by atoms with Crippen LogP contribution in [-0.4, -0.2) is 32.7 Å². The molecular weight excluding hydrogens is 406 g/mol. The maximum absolute atomic E-state index is 12.2. The third-order valence-corrected chi connectivity index (χ3v) is 6.02. The Morgan fingerprint density at radius 1 is 1.34 bits per heavy atom. The van der Waals surface area contributed by atoms with Gasteiger partial charge in [-0.15, -0.1) is 21.5 Å². The Bertz CT molecular complexity index is 952. The summed E-state index contributed by atoms with van der Waals surface area (Å²) < 4.78 is 1.27. The fourth-order valence-corrected chi connectivity index (χ4v) is 3.67. The minimum atomic E-state index is -0.139. The van der Waals surface area contributed by atoms with Crippen molar-refractivity contribution in [1.82, 2.24) is 14.9 Å². The molecule has 4 N–H and O–H groups in total. The summed E-state index contributed by atoms with van der Waals surface area (Å²) in [5, 5.41) is 17.3. The third kappa shape index (κ3) is 5.81. The summed E-state index contributed by atoms with van der Waals surface area (Å²) in [5.74, 6) is 6.79. The summed E-state index contributed by atoms with van der Waals surface area (Å²) >= 11 is 2.77. The van der Waals surface area contributed by atoms with E-state index in [0.29, 0.717) is 17.0 Å². The van der Waals surface area contributed by atoms with Crippen molar-refractivity contribution in [1.29, 1.82) is 0 Å². The number of nitrogens with two attached hydrogens (primary N) is 1. The summed E-state index contributed by atoms with van der Waals surface area (Å²) in [6.07, 6.45) is 2.75. The fraction of sp³-hybridized carbons (Fsp3) is 0.263. The number of thiophene rings is 1. The second kappa shape index (κ2) is 10.1. The molecule has 0 saturated heterocycles. The maximum Gasteiger partial charge on any atom is 0.264 e. The molecule has 0 radical (unpaired) electrons. The van der Waals surface area contributed by atoms with E-state index in [1.54, 1.807) is 17.6 Å². The van der Waals surface area contributed by atoms with Crippen molar-refractivity contribution in [3.63, 3.8) is 0 Å². The number of carbonyl (C=O) groups is 1. The molecule has 1 amide bonds. The number of thioether (sulfide) groups is 1. The van der Waals surface area contributed by atoms with Gasteiger partial charge < -0.3 is 11.2 Å². The van der Waals surface area contributed by atoms with E-state index in [2.05, 4.69) is 39.9 Å². The predicted molar refractivity (Wildman–Crippen MR) is 120 cm³/mol. The molecule has 2 aromatic heterocycles. The first-order valence-electron chi connectivity index (χ1n) is 9.12. The van der Waals surface area contributed by atoms with Crippen molar-refractivity contribution in [3.05, 3.63) is 52.2 Å². The van der Waals surface area contributed by atoms with E-state index >= 15 is 0 Å².